The molecule has 7 nitrogen and oxygen atoms in total. The number of halogens is 1. The predicted octanol–water partition coefficient (Wildman–Crippen LogP) is 0.783. The Bertz CT molecular complexity index is 642. The Morgan fingerprint density at radius 3 is 2.76 bits per heavy atom. The first-order valence-electron chi connectivity index (χ1n) is 6.39. The summed E-state index contributed by atoms with van der Waals surface area (Å²) in [6.07, 6.45) is 0. The van der Waals surface area contributed by atoms with Crippen LogP contribution in [0.4, 0.5) is 10.2 Å². The van der Waals surface area contributed by atoms with Crippen molar-refractivity contribution in [1.82, 2.24) is 21.5 Å². The highest BCUT2D eigenvalue weighted by Gasteiger charge is 2.34. The molecule has 0 spiro atoms. The fourth-order valence-electron chi connectivity index (χ4n) is 2.16. The van der Waals surface area contributed by atoms with Crippen LogP contribution in [-0.4, -0.2) is 17.1 Å². The van der Waals surface area contributed by atoms with Gasteiger partial charge in [-0.1, -0.05) is 17.3 Å². The van der Waals surface area contributed by atoms with E-state index in [1.54, 1.807) is 25.1 Å². The van der Waals surface area contributed by atoms with Gasteiger partial charge in [0.25, 0.3) is 0 Å². The molecule has 3 rings (SSSR count). The maximum atomic E-state index is 13.0. The Balaban J connectivity index is 1.74. The lowest BCUT2D eigenvalue weighted by molar-refractivity contribution is -0.118. The summed E-state index contributed by atoms with van der Waals surface area (Å²) in [5, 5.41) is 6.37. The zero-order valence-electron chi connectivity index (χ0n) is 11.2. The second-order valence-corrected chi connectivity index (χ2v) is 4.73. The minimum absolute atomic E-state index is 0.282. The lowest BCUT2D eigenvalue weighted by Gasteiger charge is -2.17. The summed E-state index contributed by atoms with van der Waals surface area (Å²) in [4.78, 5) is 12.3. The molecule has 2 aromatic rings. The number of hydrogen-bond acceptors (Lipinski definition) is 6. The molecule has 1 aromatic heterocycles. The van der Waals surface area contributed by atoms with Gasteiger partial charge in [0.05, 0.1) is 6.04 Å². The van der Waals surface area contributed by atoms with E-state index in [0.29, 0.717) is 11.6 Å². The van der Waals surface area contributed by atoms with Crippen LogP contribution in [0.15, 0.2) is 34.9 Å². The molecule has 0 saturated carbocycles. The molecule has 21 heavy (non-hydrogen) atoms. The molecule has 1 amide bonds. The summed E-state index contributed by atoms with van der Waals surface area (Å²) in [6.45, 7) is 1.74. The number of carbonyl (C=O) groups is 1. The third-order valence-electron chi connectivity index (χ3n) is 3.18. The van der Waals surface area contributed by atoms with Gasteiger partial charge < -0.3 is 9.84 Å². The number of benzene rings is 1. The lowest BCUT2D eigenvalue weighted by atomic mass is 10.0. The number of anilines is 1. The molecule has 2 atom stereocenters. The van der Waals surface area contributed by atoms with Gasteiger partial charge in [-0.2, -0.15) is 5.53 Å². The third kappa shape index (κ3) is 2.92. The number of rotatable bonds is 3. The van der Waals surface area contributed by atoms with Crippen molar-refractivity contribution in [1.29, 1.82) is 0 Å². The fourth-order valence-corrected chi connectivity index (χ4v) is 2.16. The van der Waals surface area contributed by atoms with E-state index >= 15 is 0 Å². The molecular formula is C13H14FN5O2. The van der Waals surface area contributed by atoms with Crippen LogP contribution in [0.3, 0.4) is 0 Å². The molecular weight excluding hydrogens is 277 g/mol. The number of hydrazine groups is 2. The first kappa shape index (κ1) is 13.7. The zero-order chi connectivity index (χ0) is 14.8. The highest BCUT2D eigenvalue weighted by molar-refractivity contribution is 5.94. The van der Waals surface area contributed by atoms with Crippen molar-refractivity contribution >= 4 is 11.7 Å². The molecule has 1 aromatic carbocycles. The van der Waals surface area contributed by atoms with E-state index in [0.717, 1.165) is 5.56 Å². The normalized spacial score (nSPS) is 21.4. The number of amides is 1. The standard InChI is InChI=1S/C13H14FN5O2/c1-7-6-10(18-21-7)15-13(20)12-11(16-19-17-12)8-2-4-9(14)5-3-8/h2-6,11-12,16-17,19H,1H3,(H,15,18,20). The number of nitrogens with one attached hydrogen (secondary N) is 4. The van der Waals surface area contributed by atoms with Crippen molar-refractivity contribution in [2.75, 3.05) is 5.32 Å². The Hall–Kier alpha value is -2.29. The number of nitrogens with zero attached hydrogens (tertiary/aromatic N) is 1. The van der Waals surface area contributed by atoms with Crippen molar-refractivity contribution < 1.29 is 13.7 Å². The highest BCUT2D eigenvalue weighted by atomic mass is 19.1. The van der Waals surface area contributed by atoms with Crippen LogP contribution in [0.5, 0.6) is 0 Å². The minimum Gasteiger partial charge on any atom is -0.360 e. The topological polar surface area (TPSA) is 91.2 Å². The fraction of sp³-hybridized carbons (Fsp3) is 0.231. The third-order valence-corrected chi connectivity index (χ3v) is 3.18. The van der Waals surface area contributed by atoms with Gasteiger partial charge in [0.1, 0.15) is 17.6 Å². The second-order valence-electron chi connectivity index (χ2n) is 4.73. The molecule has 0 radical (unpaired) electrons. The SMILES string of the molecule is Cc1cc(NC(=O)C2NNNC2c2ccc(F)cc2)no1. The summed E-state index contributed by atoms with van der Waals surface area (Å²) < 4.78 is 17.9. The van der Waals surface area contributed by atoms with Crippen molar-refractivity contribution in [3.8, 4) is 0 Å². The van der Waals surface area contributed by atoms with Crippen LogP contribution >= 0.6 is 0 Å². The summed E-state index contributed by atoms with van der Waals surface area (Å²) >= 11 is 0. The zero-order valence-corrected chi connectivity index (χ0v) is 11.2. The van der Waals surface area contributed by atoms with E-state index in [-0.39, 0.29) is 17.8 Å². The van der Waals surface area contributed by atoms with Crippen LogP contribution < -0.4 is 21.7 Å². The Labute approximate surface area is 119 Å². The minimum atomic E-state index is -0.576. The van der Waals surface area contributed by atoms with E-state index in [9.17, 15) is 9.18 Å². The number of carbonyl (C=O) groups excluding carboxylic acids is 1. The molecule has 2 unspecified atom stereocenters. The van der Waals surface area contributed by atoms with Gasteiger partial charge in [-0.05, 0) is 24.6 Å². The van der Waals surface area contributed by atoms with Crippen LogP contribution in [0, 0.1) is 12.7 Å². The van der Waals surface area contributed by atoms with Gasteiger partial charge in [0, 0.05) is 6.07 Å². The van der Waals surface area contributed by atoms with E-state index in [1.807, 2.05) is 0 Å². The number of hydrogen-bond donors (Lipinski definition) is 4. The summed E-state index contributed by atoms with van der Waals surface area (Å²) in [5.74, 6) is 0.354. The Morgan fingerprint density at radius 2 is 2.10 bits per heavy atom. The van der Waals surface area contributed by atoms with Gasteiger partial charge in [0.2, 0.25) is 5.91 Å². The molecule has 1 fully saturated rings. The number of aromatic nitrogens is 1. The summed E-state index contributed by atoms with van der Waals surface area (Å²) in [5.41, 5.74) is 9.24. The van der Waals surface area contributed by atoms with Gasteiger partial charge in [-0.25, -0.2) is 15.2 Å². The highest BCUT2D eigenvalue weighted by Crippen LogP contribution is 2.20. The van der Waals surface area contributed by atoms with Crippen LogP contribution in [0.25, 0.3) is 0 Å². The molecule has 4 N–H and O–H groups in total. The summed E-state index contributed by atoms with van der Waals surface area (Å²) in [6, 6.07) is 6.67. The van der Waals surface area contributed by atoms with E-state index in [4.69, 9.17) is 4.52 Å². The van der Waals surface area contributed by atoms with E-state index < -0.39 is 6.04 Å². The average molecular weight is 291 g/mol. The van der Waals surface area contributed by atoms with Crippen molar-refractivity contribution in [3.05, 3.63) is 47.5 Å². The monoisotopic (exact) mass is 291 g/mol. The quantitative estimate of drug-likeness (QED) is 0.668. The first-order valence-corrected chi connectivity index (χ1v) is 6.39. The number of aryl methyl sites for hydroxylation is 1. The molecule has 110 valence electrons. The first-order chi connectivity index (χ1) is 10.1. The Kier molecular flexibility index (Phi) is 3.65. The van der Waals surface area contributed by atoms with Gasteiger partial charge in [-0.15, -0.1) is 0 Å². The smallest absolute Gasteiger partial charge is 0.246 e. The largest absolute Gasteiger partial charge is 0.360 e. The van der Waals surface area contributed by atoms with Gasteiger partial charge in [0.15, 0.2) is 5.82 Å². The molecule has 1 aliphatic rings. The van der Waals surface area contributed by atoms with Crippen LogP contribution in [0.2, 0.25) is 0 Å². The van der Waals surface area contributed by atoms with Gasteiger partial charge >= 0.3 is 0 Å². The molecule has 8 heteroatoms. The van der Waals surface area contributed by atoms with E-state index in [1.165, 1.54) is 12.1 Å². The molecule has 1 aliphatic heterocycles. The van der Waals surface area contributed by atoms with Crippen molar-refractivity contribution in [3.63, 3.8) is 0 Å². The van der Waals surface area contributed by atoms with E-state index in [2.05, 4.69) is 26.9 Å². The predicted molar refractivity (Wildman–Crippen MR) is 72.2 cm³/mol. The summed E-state index contributed by atoms with van der Waals surface area (Å²) in [7, 11) is 0. The average Bonchev–Trinajstić information content (AvgIpc) is 3.09. The molecule has 0 bridgehead atoms. The van der Waals surface area contributed by atoms with Crippen molar-refractivity contribution in [2.24, 2.45) is 0 Å². The van der Waals surface area contributed by atoms with Crippen molar-refractivity contribution in [2.45, 2.75) is 19.0 Å². The Morgan fingerprint density at radius 1 is 1.33 bits per heavy atom. The lowest BCUT2D eigenvalue weighted by Crippen LogP contribution is -2.41. The van der Waals surface area contributed by atoms with Crippen LogP contribution in [-0.2, 0) is 4.79 Å². The van der Waals surface area contributed by atoms with Crippen LogP contribution in [0.1, 0.15) is 17.4 Å². The molecule has 2 heterocycles. The molecule has 1 saturated heterocycles. The molecule has 0 aliphatic carbocycles. The maximum Gasteiger partial charge on any atom is 0.246 e. The second kappa shape index (κ2) is 5.60. The van der Waals surface area contributed by atoms with Gasteiger partial charge in [-0.3, -0.25) is 4.79 Å². The maximum absolute atomic E-state index is 13.0.